The predicted octanol–water partition coefficient (Wildman–Crippen LogP) is 2.13. The van der Waals surface area contributed by atoms with E-state index in [4.69, 9.17) is 26.2 Å². The molecule has 0 spiro atoms. The number of ether oxygens (including phenoxy) is 2. The SMILES string of the molecule is OCc1c(F)c(Cl)cc2c1OCCCO2. The Bertz CT molecular complexity index is 381. The zero-order chi connectivity index (χ0) is 10.8. The topological polar surface area (TPSA) is 38.7 Å². The largest absolute Gasteiger partial charge is 0.489 e. The number of aliphatic hydroxyl groups excluding tert-OH is 1. The number of halogens is 2. The molecule has 0 atom stereocenters. The van der Waals surface area contributed by atoms with Crippen molar-refractivity contribution in [3.05, 3.63) is 22.5 Å². The molecule has 1 aromatic carbocycles. The number of benzene rings is 1. The predicted molar refractivity (Wildman–Crippen MR) is 52.9 cm³/mol. The van der Waals surface area contributed by atoms with E-state index < -0.39 is 12.4 Å². The van der Waals surface area contributed by atoms with Gasteiger partial charge in [-0.15, -0.1) is 0 Å². The Morgan fingerprint density at radius 3 is 2.87 bits per heavy atom. The lowest BCUT2D eigenvalue weighted by Crippen LogP contribution is -2.01. The summed E-state index contributed by atoms with van der Waals surface area (Å²) in [5.74, 6) is 0.00302. The standard InChI is InChI=1S/C10H10ClFO3/c11-7-4-8-10(6(5-13)9(7)12)15-3-1-2-14-8/h4,13H,1-3,5H2. The van der Waals surface area contributed by atoms with E-state index in [1.807, 2.05) is 0 Å². The highest BCUT2D eigenvalue weighted by atomic mass is 35.5. The van der Waals surface area contributed by atoms with Crippen LogP contribution in [0.1, 0.15) is 12.0 Å². The van der Waals surface area contributed by atoms with Crippen LogP contribution in [0.3, 0.4) is 0 Å². The lowest BCUT2D eigenvalue weighted by molar-refractivity contribution is 0.258. The summed E-state index contributed by atoms with van der Waals surface area (Å²) in [5, 5.41) is 8.99. The van der Waals surface area contributed by atoms with Crippen LogP contribution in [0.25, 0.3) is 0 Å². The summed E-state index contributed by atoms with van der Waals surface area (Å²) >= 11 is 5.66. The van der Waals surface area contributed by atoms with Crippen molar-refractivity contribution < 1.29 is 19.0 Å². The summed E-state index contributed by atoms with van der Waals surface area (Å²) in [5.41, 5.74) is 0.0550. The van der Waals surface area contributed by atoms with Crippen molar-refractivity contribution in [2.24, 2.45) is 0 Å². The molecule has 5 heteroatoms. The van der Waals surface area contributed by atoms with Crippen molar-refractivity contribution in [2.45, 2.75) is 13.0 Å². The Labute approximate surface area is 91.4 Å². The first-order valence-electron chi connectivity index (χ1n) is 4.61. The van der Waals surface area contributed by atoms with Crippen LogP contribution in [0.15, 0.2) is 6.07 Å². The number of fused-ring (bicyclic) bond motifs is 1. The molecule has 0 unspecified atom stereocenters. The maximum atomic E-state index is 13.5. The molecule has 0 fully saturated rings. The minimum Gasteiger partial charge on any atom is -0.489 e. The van der Waals surface area contributed by atoms with Gasteiger partial charge in [0.05, 0.1) is 30.4 Å². The normalized spacial score (nSPS) is 14.9. The van der Waals surface area contributed by atoms with E-state index in [0.29, 0.717) is 19.0 Å². The van der Waals surface area contributed by atoms with Crippen molar-refractivity contribution in [1.29, 1.82) is 0 Å². The van der Waals surface area contributed by atoms with Crippen LogP contribution in [-0.2, 0) is 6.61 Å². The maximum Gasteiger partial charge on any atom is 0.169 e. The zero-order valence-corrected chi connectivity index (χ0v) is 8.68. The Morgan fingerprint density at radius 2 is 2.13 bits per heavy atom. The lowest BCUT2D eigenvalue weighted by atomic mass is 10.2. The third kappa shape index (κ3) is 1.87. The Kier molecular flexibility index (Phi) is 2.98. The van der Waals surface area contributed by atoms with Gasteiger partial charge < -0.3 is 14.6 Å². The number of aliphatic hydroxyl groups is 1. The second kappa shape index (κ2) is 4.24. The van der Waals surface area contributed by atoms with Gasteiger partial charge in [-0.05, 0) is 0 Å². The van der Waals surface area contributed by atoms with Crippen LogP contribution in [0.5, 0.6) is 11.5 Å². The van der Waals surface area contributed by atoms with Crippen LogP contribution < -0.4 is 9.47 Å². The van der Waals surface area contributed by atoms with Crippen molar-refractivity contribution in [2.75, 3.05) is 13.2 Å². The van der Waals surface area contributed by atoms with Crippen molar-refractivity contribution in [3.8, 4) is 11.5 Å². The van der Waals surface area contributed by atoms with Gasteiger partial charge in [0.15, 0.2) is 17.3 Å². The second-order valence-corrected chi connectivity index (χ2v) is 3.59. The van der Waals surface area contributed by atoms with E-state index in [0.717, 1.165) is 6.42 Å². The first-order chi connectivity index (χ1) is 7.24. The molecular weight excluding hydrogens is 223 g/mol. The fourth-order valence-electron chi connectivity index (χ4n) is 1.46. The minimum atomic E-state index is -0.650. The molecule has 0 saturated heterocycles. The average molecular weight is 233 g/mol. The quantitative estimate of drug-likeness (QED) is 0.806. The Hall–Kier alpha value is -1.00. The molecule has 3 nitrogen and oxygen atoms in total. The molecule has 1 heterocycles. The van der Waals surface area contributed by atoms with E-state index in [2.05, 4.69) is 0 Å². The molecule has 0 bridgehead atoms. The molecule has 1 N–H and O–H groups in total. The number of hydrogen-bond donors (Lipinski definition) is 1. The first-order valence-corrected chi connectivity index (χ1v) is 4.99. The highest BCUT2D eigenvalue weighted by molar-refractivity contribution is 6.31. The number of hydrogen-bond acceptors (Lipinski definition) is 3. The minimum absolute atomic E-state index is 0.0550. The maximum absolute atomic E-state index is 13.5. The number of rotatable bonds is 1. The summed E-state index contributed by atoms with van der Waals surface area (Å²) in [4.78, 5) is 0. The molecule has 1 aliphatic heterocycles. The molecule has 1 aliphatic rings. The van der Waals surface area contributed by atoms with Gasteiger partial charge in [0.2, 0.25) is 0 Å². The third-order valence-corrected chi connectivity index (χ3v) is 2.46. The van der Waals surface area contributed by atoms with E-state index in [-0.39, 0.29) is 16.3 Å². The van der Waals surface area contributed by atoms with Gasteiger partial charge in [0, 0.05) is 12.5 Å². The molecule has 0 radical (unpaired) electrons. The van der Waals surface area contributed by atoms with Gasteiger partial charge >= 0.3 is 0 Å². The van der Waals surface area contributed by atoms with E-state index in [1.165, 1.54) is 6.07 Å². The van der Waals surface area contributed by atoms with E-state index in [1.54, 1.807) is 0 Å². The molecular formula is C10H10ClFO3. The second-order valence-electron chi connectivity index (χ2n) is 3.19. The van der Waals surface area contributed by atoms with Gasteiger partial charge in [-0.1, -0.05) is 11.6 Å². The molecule has 15 heavy (non-hydrogen) atoms. The van der Waals surface area contributed by atoms with Crippen LogP contribution in [-0.4, -0.2) is 18.3 Å². The molecule has 0 saturated carbocycles. The molecule has 2 rings (SSSR count). The highest BCUT2D eigenvalue weighted by Gasteiger charge is 2.20. The summed E-state index contributed by atoms with van der Waals surface area (Å²) in [6, 6.07) is 1.37. The van der Waals surface area contributed by atoms with Crippen LogP contribution >= 0.6 is 11.6 Å². The van der Waals surface area contributed by atoms with Gasteiger partial charge in [0.1, 0.15) is 0 Å². The third-order valence-electron chi connectivity index (χ3n) is 2.18. The van der Waals surface area contributed by atoms with Crippen molar-refractivity contribution in [1.82, 2.24) is 0 Å². The monoisotopic (exact) mass is 232 g/mol. The lowest BCUT2D eigenvalue weighted by Gasteiger charge is -2.12. The van der Waals surface area contributed by atoms with Crippen LogP contribution in [0.4, 0.5) is 4.39 Å². The molecule has 0 aromatic heterocycles. The van der Waals surface area contributed by atoms with Crippen LogP contribution in [0.2, 0.25) is 5.02 Å². The zero-order valence-electron chi connectivity index (χ0n) is 7.93. The summed E-state index contributed by atoms with van der Waals surface area (Å²) in [7, 11) is 0. The molecule has 82 valence electrons. The van der Waals surface area contributed by atoms with Crippen LogP contribution in [0, 0.1) is 5.82 Å². The van der Waals surface area contributed by atoms with Gasteiger partial charge in [-0.2, -0.15) is 0 Å². The van der Waals surface area contributed by atoms with Gasteiger partial charge in [0.25, 0.3) is 0 Å². The fourth-order valence-corrected chi connectivity index (χ4v) is 1.67. The highest BCUT2D eigenvalue weighted by Crippen LogP contribution is 2.38. The van der Waals surface area contributed by atoms with Gasteiger partial charge in [-0.25, -0.2) is 4.39 Å². The summed E-state index contributed by atoms with van der Waals surface area (Å²) in [6.07, 6.45) is 0.721. The van der Waals surface area contributed by atoms with Crippen molar-refractivity contribution >= 4 is 11.6 Å². The molecule has 0 aliphatic carbocycles. The average Bonchev–Trinajstić information content (AvgIpc) is 2.45. The summed E-state index contributed by atoms with van der Waals surface area (Å²) in [6.45, 7) is 0.485. The first kappa shape index (κ1) is 10.5. The Balaban J connectivity index is 2.56. The van der Waals surface area contributed by atoms with E-state index in [9.17, 15) is 4.39 Å². The van der Waals surface area contributed by atoms with Gasteiger partial charge in [-0.3, -0.25) is 0 Å². The molecule has 1 aromatic rings. The van der Waals surface area contributed by atoms with E-state index >= 15 is 0 Å². The molecule has 0 amide bonds. The van der Waals surface area contributed by atoms with Crippen molar-refractivity contribution in [3.63, 3.8) is 0 Å². The smallest absolute Gasteiger partial charge is 0.169 e. The fraction of sp³-hybridized carbons (Fsp3) is 0.400. The summed E-state index contributed by atoms with van der Waals surface area (Å²) < 4.78 is 24.2. The Morgan fingerprint density at radius 1 is 1.40 bits per heavy atom.